The van der Waals surface area contributed by atoms with Crippen molar-refractivity contribution in [3.63, 3.8) is 0 Å². The largest absolute Gasteiger partial charge is 0.485 e. The fraction of sp³-hybridized carbons (Fsp3) is 0.400. The van der Waals surface area contributed by atoms with E-state index in [1.807, 2.05) is 54.6 Å². The van der Waals surface area contributed by atoms with Crippen LogP contribution in [0.5, 0.6) is 11.5 Å². The molecular weight excluding hydrogens is 408 g/mol. The lowest BCUT2D eigenvalue weighted by molar-refractivity contribution is -0.0502. The van der Waals surface area contributed by atoms with E-state index in [4.69, 9.17) is 9.47 Å². The molecule has 3 aromatic rings. The minimum absolute atomic E-state index is 0.467. The first-order valence-corrected chi connectivity index (χ1v) is 12.4. The van der Waals surface area contributed by atoms with Gasteiger partial charge in [0.15, 0.2) is 11.5 Å². The molecular formula is C30H34O3. The Morgan fingerprint density at radius 3 is 1.97 bits per heavy atom. The Bertz CT molecular complexity index is 1030. The van der Waals surface area contributed by atoms with Crippen LogP contribution in [-0.4, -0.2) is 5.11 Å². The molecule has 2 saturated carbocycles. The maximum atomic E-state index is 11.7. The van der Waals surface area contributed by atoms with Crippen molar-refractivity contribution in [3.05, 3.63) is 95.6 Å². The number of aliphatic hydroxyl groups is 1. The van der Waals surface area contributed by atoms with Crippen LogP contribution in [0.1, 0.15) is 61.6 Å². The molecule has 0 aromatic heterocycles. The molecule has 33 heavy (non-hydrogen) atoms. The zero-order valence-corrected chi connectivity index (χ0v) is 19.3. The summed E-state index contributed by atoms with van der Waals surface area (Å²) in [5, 5.41) is 11.7. The maximum Gasteiger partial charge on any atom is 0.162 e. The first-order chi connectivity index (χ1) is 16.2. The average Bonchev–Trinajstić information content (AvgIpc) is 2.87. The fourth-order valence-electron chi connectivity index (χ4n) is 5.66. The van der Waals surface area contributed by atoms with Crippen LogP contribution < -0.4 is 9.47 Å². The van der Waals surface area contributed by atoms with Crippen LogP contribution in [0.4, 0.5) is 0 Å². The van der Waals surface area contributed by atoms with Crippen molar-refractivity contribution in [1.29, 1.82) is 0 Å². The predicted molar refractivity (Wildman–Crippen MR) is 131 cm³/mol. The molecule has 3 unspecified atom stereocenters. The second-order valence-electron chi connectivity index (χ2n) is 9.79. The van der Waals surface area contributed by atoms with Gasteiger partial charge in [0.2, 0.25) is 0 Å². The molecule has 5 rings (SSSR count). The highest BCUT2D eigenvalue weighted by molar-refractivity contribution is 5.45. The average molecular weight is 443 g/mol. The van der Waals surface area contributed by atoms with Gasteiger partial charge in [-0.15, -0.1) is 0 Å². The van der Waals surface area contributed by atoms with Gasteiger partial charge in [0.05, 0.1) is 5.60 Å². The van der Waals surface area contributed by atoms with E-state index in [0.29, 0.717) is 30.6 Å². The summed E-state index contributed by atoms with van der Waals surface area (Å²) in [5.74, 6) is 2.85. The standard InChI is InChI=1S/C30H34O3/c31-30(18-17-25-13-7-8-14-26(25)20-30)27-15-16-28(32-21-23-9-3-1-4-10-23)29(19-27)33-22-24-11-5-2-6-12-24/h1-6,9-12,15-16,19,25-26,31H,7-8,13-14,17-18,20-22H2. The van der Waals surface area contributed by atoms with Crippen molar-refractivity contribution in [2.45, 2.75) is 63.8 Å². The Balaban J connectivity index is 1.38. The number of hydrogen-bond acceptors (Lipinski definition) is 3. The van der Waals surface area contributed by atoms with E-state index in [1.54, 1.807) is 0 Å². The molecule has 2 aliphatic carbocycles. The first kappa shape index (κ1) is 22.0. The molecule has 3 atom stereocenters. The lowest BCUT2D eigenvalue weighted by Crippen LogP contribution is -2.38. The van der Waals surface area contributed by atoms with Gasteiger partial charge < -0.3 is 14.6 Å². The number of hydrogen-bond donors (Lipinski definition) is 1. The predicted octanol–water partition coefficient (Wildman–Crippen LogP) is 7.02. The van der Waals surface area contributed by atoms with Crippen molar-refractivity contribution in [2.75, 3.05) is 0 Å². The third-order valence-corrected chi connectivity index (χ3v) is 7.55. The van der Waals surface area contributed by atoms with Crippen LogP contribution >= 0.6 is 0 Å². The molecule has 3 heteroatoms. The number of ether oxygens (including phenoxy) is 2. The first-order valence-electron chi connectivity index (χ1n) is 12.4. The summed E-state index contributed by atoms with van der Waals surface area (Å²) >= 11 is 0. The minimum Gasteiger partial charge on any atom is -0.485 e. The van der Waals surface area contributed by atoms with Gasteiger partial charge in [0.25, 0.3) is 0 Å². The molecule has 172 valence electrons. The normalized spacial score (nSPS) is 24.6. The second-order valence-corrected chi connectivity index (χ2v) is 9.79. The molecule has 0 radical (unpaired) electrons. The topological polar surface area (TPSA) is 38.7 Å². The monoisotopic (exact) mass is 442 g/mol. The summed E-state index contributed by atoms with van der Waals surface area (Å²) in [6.07, 6.45) is 8.05. The van der Waals surface area contributed by atoms with E-state index in [2.05, 4.69) is 24.3 Å². The zero-order valence-electron chi connectivity index (χ0n) is 19.3. The summed E-state index contributed by atoms with van der Waals surface area (Å²) in [6, 6.07) is 26.4. The molecule has 0 saturated heterocycles. The van der Waals surface area contributed by atoms with Gasteiger partial charge in [-0.3, -0.25) is 0 Å². The van der Waals surface area contributed by atoms with Gasteiger partial charge in [-0.05, 0) is 59.9 Å². The molecule has 0 aliphatic heterocycles. The van der Waals surface area contributed by atoms with E-state index >= 15 is 0 Å². The summed E-state index contributed by atoms with van der Waals surface area (Å²) in [4.78, 5) is 0. The number of rotatable bonds is 7. The van der Waals surface area contributed by atoms with E-state index in [-0.39, 0.29) is 0 Å². The van der Waals surface area contributed by atoms with E-state index in [0.717, 1.165) is 41.9 Å². The molecule has 0 bridgehead atoms. The molecule has 0 heterocycles. The van der Waals surface area contributed by atoms with Crippen LogP contribution in [0.3, 0.4) is 0 Å². The van der Waals surface area contributed by atoms with Crippen molar-refractivity contribution in [2.24, 2.45) is 11.8 Å². The Kier molecular flexibility index (Phi) is 6.68. The van der Waals surface area contributed by atoms with E-state index in [1.165, 1.54) is 25.7 Å². The molecule has 0 amide bonds. The lowest BCUT2D eigenvalue weighted by Gasteiger charge is -2.44. The smallest absolute Gasteiger partial charge is 0.162 e. The Labute approximate surface area is 197 Å². The summed E-state index contributed by atoms with van der Waals surface area (Å²) in [7, 11) is 0. The van der Waals surface area contributed by atoms with Gasteiger partial charge in [-0.1, -0.05) is 92.4 Å². The van der Waals surface area contributed by atoms with Crippen molar-refractivity contribution >= 4 is 0 Å². The fourth-order valence-corrected chi connectivity index (χ4v) is 5.66. The zero-order chi connectivity index (χ0) is 22.5. The number of benzene rings is 3. The van der Waals surface area contributed by atoms with Crippen molar-refractivity contribution < 1.29 is 14.6 Å². The molecule has 3 aromatic carbocycles. The SMILES string of the molecule is OC1(c2ccc(OCc3ccccc3)c(OCc3ccccc3)c2)CCC2CCCCC2C1. The van der Waals surface area contributed by atoms with E-state index in [9.17, 15) is 5.11 Å². The molecule has 2 aliphatic rings. The second kappa shape index (κ2) is 10.0. The molecule has 0 spiro atoms. The van der Waals surface area contributed by atoms with Gasteiger partial charge in [-0.2, -0.15) is 0 Å². The maximum absolute atomic E-state index is 11.7. The van der Waals surface area contributed by atoms with Crippen LogP contribution in [0, 0.1) is 11.8 Å². The molecule has 3 nitrogen and oxygen atoms in total. The van der Waals surface area contributed by atoms with Crippen molar-refractivity contribution in [3.8, 4) is 11.5 Å². The lowest BCUT2D eigenvalue weighted by atomic mass is 9.64. The summed E-state index contributed by atoms with van der Waals surface area (Å²) in [5.41, 5.74) is 2.41. The summed E-state index contributed by atoms with van der Waals surface area (Å²) in [6.45, 7) is 0.949. The quantitative estimate of drug-likeness (QED) is 0.427. The Hall–Kier alpha value is -2.78. The van der Waals surface area contributed by atoms with E-state index < -0.39 is 5.60 Å². The van der Waals surface area contributed by atoms with Crippen LogP contribution in [-0.2, 0) is 18.8 Å². The molecule has 1 N–H and O–H groups in total. The number of fused-ring (bicyclic) bond motifs is 1. The highest BCUT2D eigenvalue weighted by Gasteiger charge is 2.41. The Morgan fingerprint density at radius 2 is 1.30 bits per heavy atom. The third-order valence-electron chi connectivity index (χ3n) is 7.55. The van der Waals surface area contributed by atoms with Gasteiger partial charge >= 0.3 is 0 Å². The van der Waals surface area contributed by atoms with Gasteiger partial charge in [0.1, 0.15) is 13.2 Å². The highest BCUT2D eigenvalue weighted by Crippen LogP contribution is 2.49. The summed E-state index contributed by atoms with van der Waals surface area (Å²) < 4.78 is 12.4. The van der Waals surface area contributed by atoms with Gasteiger partial charge in [-0.25, -0.2) is 0 Å². The van der Waals surface area contributed by atoms with Gasteiger partial charge in [0, 0.05) is 0 Å². The van der Waals surface area contributed by atoms with Crippen LogP contribution in [0.25, 0.3) is 0 Å². The van der Waals surface area contributed by atoms with Crippen LogP contribution in [0.15, 0.2) is 78.9 Å². The third kappa shape index (κ3) is 5.25. The van der Waals surface area contributed by atoms with Crippen LogP contribution in [0.2, 0.25) is 0 Å². The molecule has 2 fully saturated rings. The minimum atomic E-state index is -0.776. The van der Waals surface area contributed by atoms with Crippen molar-refractivity contribution in [1.82, 2.24) is 0 Å². The highest BCUT2D eigenvalue weighted by atomic mass is 16.5. The Morgan fingerprint density at radius 1 is 0.697 bits per heavy atom.